The van der Waals surface area contributed by atoms with E-state index in [1.54, 1.807) is 7.11 Å². The van der Waals surface area contributed by atoms with E-state index in [0.717, 1.165) is 11.3 Å². The second-order valence-electron chi connectivity index (χ2n) is 10.3. The van der Waals surface area contributed by atoms with E-state index in [4.69, 9.17) is 18.9 Å². The van der Waals surface area contributed by atoms with Crippen LogP contribution in [-0.2, 0) is 20.9 Å². The standard InChI is InChI=1S/C29H40O6/c1-20(2)25(21(3)4)15-27(30)26-16-29(35-28(26)31,18-33-17-22-9-7-6-8-10-22)19-34-24-13-11-23(32-5)12-14-24/h6-14,20-21,25-27,30H,15-19H2,1-5H3. The normalized spacial score (nSPS) is 20.9. The Hall–Kier alpha value is -2.57. The van der Waals surface area contributed by atoms with Gasteiger partial charge in [-0.2, -0.15) is 0 Å². The molecule has 1 N–H and O–H groups in total. The third-order valence-corrected chi connectivity index (χ3v) is 6.94. The van der Waals surface area contributed by atoms with E-state index >= 15 is 0 Å². The summed E-state index contributed by atoms with van der Waals surface area (Å²) in [6.07, 6.45) is 0.144. The first-order chi connectivity index (χ1) is 16.7. The van der Waals surface area contributed by atoms with Gasteiger partial charge in [0.15, 0.2) is 5.60 Å². The molecule has 2 aromatic carbocycles. The lowest BCUT2D eigenvalue weighted by atomic mass is 9.78. The van der Waals surface area contributed by atoms with Gasteiger partial charge >= 0.3 is 5.97 Å². The summed E-state index contributed by atoms with van der Waals surface area (Å²) >= 11 is 0. The van der Waals surface area contributed by atoms with Crippen LogP contribution >= 0.6 is 0 Å². The molecule has 1 aliphatic heterocycles. The van der Waals surface area contributed by atoms with Crippen molar-refractivity contribution in [1.82, 2.24) is 0 Å². The van der Waals surface area contributed by atoms with Gasteiger partial charge in [-0.1, -0.05) is 58.0 Å². The first-order valence-electron chi connectivity index (χ1n) is 12.5. The summed E-state index contributed by atoms with van der Waals surface area (Å²) < 4.78 is 23.2. The summed E-state index contributed by atoms with van der Waals surface area (Å²) in [5.41, 5.74) is 0.0686. The number of aliphatic hydroxyl groups excluding tert-OH is 1. The van der Waals surface area contributed by atoms with Crippen LogP contribution in [0.3, 0.4) is 0 Å². The minimum absolute atomic E-state index is 0.140. The van der Waals surface area contributed by atoms with Crippen LogP contribution in [0.25, 0.3) is 0 Å². The molecule has 0 aliphatic carbocycles. The number of esters is 1. The van der Waals surface area contributed by atoms with Crippen molar-refractivity contribution < 1.29 is 28.8 Å². The highest BCUT2D eigenvalue weighted by Gasteiger charge is 2.50. The Bertz CT molecular complexity index is 903. The lowest BCUT2D eigenvalue weighted by molar-refractivity contribution is -0.160. The van der Waals surface area contributed by atoms with Gasteiger partial charge in [-0.05, 0) is 54.0 Å². The maximum atomic E-state index is 13.0. The minimum atomic E-state index is -0.970. The summed E-state index contributed by atoms with van der Waals surface area (Å²) in [4.78, 5) is 13.0. The number of benzene rings is 2. The number of rotatable bonds is 13. The number of cyclic esters (lactones) is 1. The van der Waals surface area contributed by atoms with E-state index in [2.05, 4.69) is 27.7 Å². The maximum absolute atomic E-state index is 13.0. The van der Waals surface area contributed by atoms with E-state index in [1.165, 1.54) is 0 Å². The molecule has 3 unspecified atom stereocenters. The monoisotopic (exact) mass is 484 g/mol. The number of carbonyl (C=O) groups excluding carboxylic acids is 1. The molecule has 1 saturated heterocycles. The van der Waals surface area contributed by atoms with E-state index in [9.17, 15) is 9.90 Å². The fraction of sp³-hybridized carbons (Fsp3) is 0.552. The quantitative estimate of drug-likeness (QED) is 0.390. The fourth-order valence-corrected chi connectivity index (χ4v) is 4.90. The van der Waals surface area contributed by atoms with E-state index in [0.29, 0.717) is 43.0 Å². The Morgan fingerprint density at radius 2 is 1.60 bits per heavy atom. The highest BCUT2D eigenvalue weighted by molar-refractivity contribution is 5.76. The summed E-state index contributed by atoms with van der Waals surface area (Å²) in [5, 5.41) is 11.1. The molecular formula is C29H40O6. The van der Waals surface area contributed by atoms with Crippen LogP contribution in [-0.4, -0.2) is 43.1 Å². The Kier molecular flexibility index (Phi) is 9.58. The topological polar surface area (TPSA) is 74.2 Å². The van der Waals surface area contributed by atoms with Crippen molar-refractivity contribution in [3.8, 4) is 11.5 Å². The molecule has 0 bridgehead atoms. The van der Waals surface area contributed by atoms with Crippen molar-refractivity contribution in [3.63, 3.8) is 0 Å². The van der Waals surface area contributed by atoms with Crippen LogP contribution < -0.4 is 9.47 Å². The average Bonchev–Trinajstić information content (AvgIpc) is 3.18. The molecule has 2 aromatic rings. The zero-order valence-corrected chi connectivity index (χ0v) is 21.6. The first-order valence-corrected chi connectivity index (χ1v) is 12.5. The molecule has 35 heavy (non-hydrogen) atoms. The van der Waals surface area contributed by atoms with Crippen LogP contribution in [0.2, 0.25) is 0 Å². The van der Waals surface area contributed by atoms with Crippen LogP contribution in [0.15, 0.2) is 54.6 Å². The average molecular weight is 485 g/mol. The highest BCUT2D eigenvalue weighted by atomic mass is 16.6. The Morgan fingerprint density at radius 3 is 2.20 bits per heavy atom. The van der Waals surface area contributed by atoms with Crippen molar-refractivity contribution in [2.45, 2.75) is 58.8 Å². The molecule has 0 aromatic heterocycles. The third-order valence-electron chi connectivity index (χ3n) is 6.94. The molecule has 0 radical (unpaired) electrons. The van der Waals surface area contributed by atoms with Crippen LogP contribution in [0.5, 0.6) is 11.5 Å². The molecule has 6 heteroatoms. The van der Waals surface area contributed by atoms with Crippen molar-refractivity contribution in [2.75, 3.05) is 20.3 Å². The summed E-state index contributed by atoms with van der Waals surface area (Å²) in [7, 11) is 1.61. The Morgan fingerprint density at radius 1 is 0.971 bits per heavy atom. The predicted molar refractivity (Wildman–Crippen MR) is 135 cm³/mol. The zero-order chi connectivity index (χ0) is 25.4. The molecule has 0 spiro atoms. The molecule has 6 nitrogen and oxygen atoms in total. The van der Waals surface area contributed by atoms with Gasteiger partial charge in [0.1, 0.15) is 18.1 Å². The summed E-state index contributed by atoms with van der Waals surface area (Å²) in [5.74, 6) is 1.54. The number of hydrogen-bond acceptors (Lipinski definition) is 6. The van der Waals surface area contributed by atoms with E-state index in [-0.39, 0.29) is 19.2 Å². The lowest BCUT2D eigenvalue weighted by Crippen LogP contribution is -2.41. The van der Waals surface area contributed by atoms with Gasteiger partial charge in [0.05, 0.1) is 32.3 Å². The second-order valence-corrected chi connectivity index (χ2v) is 10.3. The van der Waals surface area contributed by atoms with Crippen molar-refractivity contribution >= 4 is 5.97 Å². The number of aliphatic hydroxyl groups is 1. The smallest absolute Gasteiger partial charge is 0.312 e. The number of ether oxygens (including phenoxy) is 4. The molecule has 0 amide bonds. The lowest BCUT2D eigenvalue weighted by Gasteiger charge is -2.29. The molecule has 0 saturated carbocycles. The Balaban J connectivity index is 1.71. The molecule has 1 aliphatic rings. The maximum Gasteiger partial charge on any atom is 0.312 e. The molecular weight excluding hydrogens is 444 g/mol. The third kappa shape index (κ3) is 7.45. The van der Waals surface area contributed by atoms with Gasteiger partial charge in [0.25, 0.3) is 0 Å². The van der Waals surface area contributed by atoms with Crippen LogP contribution in [0.4, 0.5) is 0 Å². The highest BCUT2D eigenvalue weighted by Crippen LogP contribution is 2.38. The van der Waals surface area contributed by atoms with Crippen molar-refractivity contribution in [1.29, 1.82) is 0 Å². The van der Waals surface area contributed by atoms with Gasteiger partial charge < -0.3 is 24.1 Å². The van der Waals surface area contributed by atoms with Gasteiger partial charge in [0.2, 0.25) is 0 Å². The molecule has 1 fully saturated rings. The van der Waals surface area contributed by atoms with Gasteiger partial charge in [-0.25, -0.2) is 0 Å². The predicted octanol–water partition coefficient (Wildman–Crippen LogP) is 5.27. The Labute approximate surface area is 209 Å². The summed E-state index contributed by atoms with van der Waals surface area (Å²) in [6, 6.07) is 17.1. The molecule has 3 atom stereocenters. The molecule has 3 rings (SSSR count). The van der Waals surface area contributed by atoms with Gasteiger partial charge in [-0.3, -0.25) is 4.79 Å². The first kappa shape index (κ1) is 27.0. The van der Waals surface area contributed by atoms with Crippen LogP contribution in [0.1, 0.15) is 46.1 Å². The van der Waals surface area contributed by atoms with Crippen molar-refractivity contribution in [2.24, 2.45) is 23.7 Å². The van der Waals surface area contributed by atoms with E-state index in [1.807, 2.05) is 54.6 Å². The van der Waals surface area contributed by atoms with E-state index < -0.39 is 17.6 Å². The van der Waals surface area contributed by atoms with Crippen LogP contribution in [0, 0.1) is 23.7 Å². The zero-order valence-electron chi connectivity index (χ0n) is 21.6. The molecule has 1 heterocycles. The number of hydrogen-bond donors (Lipinski definition) is 1. The number of carbonyl (C=O) groups is 1. The molecule has 192 valence electrons. The SMILES string of the molecule is COc1ccc(OCC2(COCc3ccccc3)CC(C(O)CC(C(C)C)C(C)C)C(=O)O2)cc1. The summed E-state index contributed by atoms with van der Waals surface area (Å²) in [6.45, 7) is 9.37. The van der Waals surface area contributed by atoms with Gasteiger partial charge in [-0.15, -0.1) is 0 Å². The minimum Gasteiger partial charge on any atom is -0.497 e. The second kappa shape index (κ2) is 12.4. The fourth-order valence-electron chi connectivity index (χ4n) is 4.90. The van der Waals surface area contributed by atoms with Gasteiger partial charge in [0, 0.05) is 6.42 Å². The van der Waals surface area contributed by atoms with Crippen molar-refractivity contribution in [3.05, 3.63) is 60.2 Å². The number of methoxy groups -OCH3 is 1. The largest absolute Gasteiger partial charge is 0.497 e.